The summed E-state index contributed by atoms with van der Waals surface area (Å²) in [5.74, 6) is 0.745. The highest BCUT2D eigenvalue weighted by atomic mass is 79.9. The van der Waals surface area contributed by atoms with E-state index in [-0.39, 0.29) is 5.97 Å². The molecule has 0 radical (unpaired) electrons. The quantitative estimate of drug-likeness (QED) is 0.456. The molecule has 23 heavy (non-hydrogen) atoms. The van der Waals surface area contributed by atoms with Crippen LogP contribution in [-0.4, -0.2) is 19.7 Å². The second kappa shape index (κ2) is 8.62. The summed E-state index contributed by atoms with van der Waals surface area (Å²) in [6.07, 6.45) is 0. The van der Waals surface area contributed by atoms with Crippen LogP contribution in [0.3, 0.4) is 0 Å². The molecule has 0 fully saturated rings. The number of hydrogen-bond donors (Lipinski definition) is 0. The van der Waals surface area contributed by atoms with Gasteiger partial charge in [-0.05, 0) is 58.7 Å². The fraction of sp³-hybridized carbons (Fsp3) is 0.235. The Hall–Kier alpha value is -1.17. The van der Waals surface area contributed by atoms with Gasteiger partial charge in [-0.3, -0.25) is 0 Å². The van der Waals surface area contributed by atoms with Gasteiger partial charge in [0.05, 0.1) is 18.2 Å². The Bertz CT molecular complexity index is 689. The summed E-state index contributed by atoms with van der Waals surface area (Å²) < 4.78 is 11.3. The first-order valence-electron chi connectivity index (χ1n) is 6.97. The number of carbonyl (C=O) groups is 1. The van der Waals surface area contributed by atoms with Crippen molar-refractivity contribution in [3.8, 4) is 5.75 Å². The molecule has 0 unspecified atom stereocenters. The molecular weight excluding hydrogens is 400 g/mol. The van der Waals surface area contributed by atoms with Crippen molar-refractivity contribution in [1.82, 2.24) is 0 Å². The smallest absolute Gasteiger partial charge is 0.342 e. The number of ether oxygens (including phenoxy) is 2. The maximum absolute atomic E-state index is 12.3. The first kappa shape index (κ1) is 18.2. The Morgan fingerprint density at radius 2 is 1.91 bits per heavy atom. The van der Waals surface area contributed by atoms with Gasteiger partial charge in [-0.1, -0.05) is 17.7 Å². The molecule has 0 heterocycles. The molecule has 0 aliphatic heterocycles. The van der Waals surface area contributed by atoms with Gasteiger partial charge < -0.3 is 9.47 Å². The molecule has 2 aromatic rings. The van der Waals surface area contributed by atoms with E-state index >= 15 is 0 Å². The number of carbonyl (C=O) groups excluding carboxylic acids is 1. The van der Waals surface area contributed by atoms with Crippen molar-refractivity contribution in [1.29, 1.82) is 0 Å². The minimum absolute atomic E-state index is 0.318. The van der Waals surface area contributed by atoms with Crippen LogP contribution in [0.4, 0.5) is 0 Å². The summed E-state index contributed by atoms with van der Waals surface area (Å²) in [5, 5.41) is 0.701. The van der Waals surface area contributed by atoms with Crippen molar-refractivity contribution in [2.45, 2.75) is 17.6 Å². The number of halogens is 2. The van der Waals surface area contributed by atoms with Gasteiger partial charge in [0.25, 0.3) is 0 Å². The molecule has 6 heteroatoms. The molecule has 0 atom stereocenters. The summed E-state index contributed by atoms with van der Waals surface area (Å²) in [4.78, 5) is 13.4. The zero-order valence-electron chi connectivity index (χ0n) is 12.8. The first-order chi connectivity index (χ1) is 11.1. The van der Waals surface area contributed by atoms with E-state index in [0.29, 0.717) is 28.7 Å². The third kappa shape index (κ3) is 4.66. The summed E-state index contributed by atoms with van der Waals surface area (Å²) in [6, 6.07) is 11.4. The van der Waals surface area contributed by atoms with Gasteiger partial charge in [0.1, 0.15) is 11.3 Å². The molecule has 2 rings (SSSR count). The van der Waals surface area contributed by atoms with Gasteiger partial charge in [0, 0.05) is 15.7 Å². The largest absolute Gasteiger partial charge is 0.495 e. The van der Waals surface area contributed by atoms with Crippen LogP contribution in [0.25, 0.3) is 0 Å². The Balaban J connectivity index is 2.29. The number of hydrogen-bond acceptors (Lipinski definition) is 4. The molecule has 0 saturated heterocycles. The van der Waals surface area contributed by atoms with E-state index in [0.717, 1.165) is 14.9 Å². The molecule has 0 N–H and O–H groups in total. The van der Waals surface area contributed by atoms with Crippen LogP contribution in [0.2, 0.25) is 5.02 Å². The second-order valence-electron chi connectivity index (χ2n) is 4.58. The summed E-state index contributed by atoms with van der Waals surface area (Å²) in [6.45, 7) is 2.10. The van der Waals surface area contributed by atoms with E-state index in [9.17, 15) is 4.79 Å². The zero-order valence-corrected chi connectivity index (χ0v) is 15.9. The maximum Gasteiger partial charge on any atom is 0.342 e. The van der Waals surface area contributed by atoms with Gasteiger partial charge in [-0.15, -0.1) is 11.8 Å². The third-order valence-electron chi connectivity index (χ3n) is 3.09. The minimum Gasteiger partial charge on any atom is -0.495 e. The van der Waals surface area contributed by atoms with Crippen LogP contribution in [0.15, 0.2) is 45.8 Å². The van der Waals surface area contributed by atoms with Crippen molar-refractivity contribution >= 4 is 45.3 Å². The molecule has 0 spiro atoms. The predicted molar refractivity (Wildman–Crippen MR) is 97.7 cm³/mol. The SMILES string of the molecule is CCOC(=O)c1c(CSc2ccc(Cl)cc2)ccc(Br)c1OC. The Labute approximate surface area is 153 Å². The van der Waals surface area contributed by atoms with Crippen molar-refractivity contribution in [2.24, 2.45) is 0 Å². The highest BCUT2D eigenvalue weighted by Crippen LogP contribution is 2.35. The second-order valence-corrected chi connectivity index (χ2v) is 6.92. The number of esters is 1. The molecule has 0 saturated carbocycles. The Kier molecular flexibility index (Phi) is 6.81. The van der Waals surface area contributed by atoms with E-state index in [1.807, 2.05) is 36.4 Å². The highest BCUT2D eigenvalue weighted by molar-refractivity contribution is 9.10. The topological polar surface area (TPSA) is 35.5 Å². The third-order valence-corrected chi connectivity index (χ3v) is 5.02. The Morgan fingerprint density at radius 3 is 2.52 bits per heavy atom. The number of thioether (sulfide) groups is 1. The van der Waals surface area contributed by atoms with E-state index in [1.165, 1.54) is 0 Å². The predicted octanol–water partition coefficient (Wildman–Crippen LogP) is 5.58. The van der Waals surface area contributed by atoms with Gasteiger partial charge in [-0.25, -0.2) is 4.79 Å². The molecule has 122 valence electrons. The highest BCUT2D eigenvalue weighted by Gasteiger charge is 2.21. The average molecular weight is 416 g/mol. The van der Waals surface area contributed by atoms with Crippen LogP contribution < -0.4 is 4.74 Å². The van der Waals surface area contributed by atoms with Crippen molar-refractivity contribution in [3.05, 3.63) is 57.0 Å². The van der Waals surface area contributed by atoms with E-state index in [2.05, 4.69) is 15.9 Å². The van der Waals surface area contributed by atoms with Crippen molar-refractivity contribution < 1.29 is 14.3 Å². The maximum atomic E-state index is 12.3. The molecular formula is C17H16BrClO3S. The standard InChI is InChI=1S/C17H16BrClO3S/c1-3-22-17(20)15-11(4-9-14(18)16(15)21-2)10-23-13-7-5-12(19)6-8-13/h4-9H,3,10H2,1-2H3. The summed E-state index contributed by atoms with van der Waals surface area (Å²) in [5.41, 5.74) is 1.33. The van der Waals surface area contributed by atoms with Gasteiger partial charge >= 0.3 is 5.97 Å². The molecule has 0 amide bonds. The van der Waals surface area contributed by atoms with Crippen molar-refractivity contribution in [2.75, 3.05) is 13.7 Å². The number of benzene rings is 2. The van der Waals surface area contributed by atoms with E-state index < -0.39 is 0 Å². The molecule has 2 aromatic carbocycles. The van der Waals surface area contributed by atoms with Crippen LogP contribution >= 0.6 is 39.3 Å². The lowest BCUT2D eigenvalue weighted by atomic mass is 10.1. The molecule has 0 aliphatic rings. The molecule has 0 aliphatic carbocycles. The van der Waals surface area contributed by atoms with Crippen LogP contribution in [0.5, 0.6) is 5.75 Å². The fourth-order valence-electron chi connectivity index (χ4n) is 2.04. The lowest BCUT2D eigenvalue weighted by molar-refractivity contribution is 0.0521. The lowest BCUT2D eigenvalue weighted by Gasteiger charge is -2.14. The van der Waals surface area contributed by atoms with Crippen LogP contribution in [0, 0.1) is 0 Å². The lowest BCUT2D eigenvalue weighted by Crippen LogP contribution is -2.10. The van der Waals surface area contributed by atoms with Gasteiger partial charge in [-0.2, -0.15) is 0 Å². The number of methoxy groups -OCH3 is 1. The Morgan fingerprint density at radius 1 is 1.22 bits per heavy atom. The normalized spacial score (nSPS) is 10.4. The molecule has 3 nitrogen and oxygen atoms in total. The van der Waals surface area contributed by atoms with Crippen LogP contribution in [-0.2, 0) is 10.5 Å². The van der Waals surface area contributed by atoms with Crippen molar-refractivity contribution in [3.63, 3.8) is 0 Å². The number of rotatable bonds is 6. The van der Waals surface area contributed by atoms with Gasteiger partial charge in [0.2, 0.25) is 0 Å². The molecule has 0 aromatic heterocycles. The first-order valence-corrected chi connectivity index (χ1v) is 9.13. The minimum atomic E-state index is -0.377. The monoisotopic (exact) mass is 414 g/mol. The summed E-state index contributed by atoms with van der Waals surface area (Å²) >= 11 is 10.9. The van der Waals surface area contributed by atoms with E-state index in [4.69, 9.17) is 21.1 Å². The van der Waals surface area contributed by atoms with Crippen LogP contribution in [0.1, 0.15) is 22.8 Å². The summed E-state index contributed by atoms with van der Waals surface area (Å²) in [7, 11) is 1.54. The average Bonchev–Trinajstić information content (AvgIpc) is 2.55. The zero-order chi connectivity index (χ0) is 16.8. The van der Waals surface area contributed by atoms with Gasteiger partial charge in [0.15, 0.2) is 0 Å². The fourth-order valence-corrected chi connectivity index (χ4v) is 3.55. The molecule has 0 bridgehead atoms. The van der Waals surface area contributed by atoms with E-state index in [1.54, 1.807) is 25.8 Å².